The maximum Gasteiger partial charge on any atom is 0.0721 e. The molecule has 0 aliphatic heterocycles. The van der Waals surface area contributed by atoms with Crippen molar-refractivity contribution in [2.75, 3.05) is 19.0 Å². The maximum atomic E-state index is 6.56. The van der Waals surface area contributed by atoms with Gasteiger partial charge in [-0.1, -0.05) is 25.4 Å². The van der Waals surface area contributed by atoms with Gasteiger partial charge in [0.2, 0.25) is 0 Å². The summed E-state index contributed by atoms with van der Waals surface area (Å²) in [4.78, 5) is 6.73. The Bertz CT molecular complexity index is 589. The highest BCUT2D eigenvalue weighted by molar-refractivity contribution is 6.36. The number of nitrogens with zero attached hydrogens (tertiary/aromatic N) is 2. The number of benzene rings is 1. The summed E-state index contributed by atoms with van der Waals surface area (Å²) < 4.78 is 0. The van der Waals surface area contributed by atoms with Crippen molar-refractivity contribution in [1.29, 1.82) is 0 Å². The molecule has 1 aromatic heterocycles. The lowest BCUT2D eigenvalue weighted by atomic mass is 9.99. The average molecular weight is 263 g/mol. The van der Waals surface area contributed by atoms with E-state index in [4.69, 9.17) is 11.6 Å². The van der Waals surface area contributed by atoms with Gasteiger partial charge >= 0.3 is 0 Å². The highest BCUT2D eigenvalue weighted by atomic mass is 35.5. The molecule has 0 fully saturated rings. The molecule has 0 saturated heterocycles. The van der Waals surface area contributed by atoms with E-state index in [1.54, 1.807) is 0 Å². The molecule has 0 spiro atoms. The van der Waals surface area contributed by atoms with Crippen LogP contribution >= 0.6 is 11.6 Å². The topological polar surface area (TPSA) is 16.1 Å². The van der Waals surface area contributed by atoms with Gasteiger partial charge in [-0.3, -0.25) is 4.98 Å². The molecule has 3 heteroatoms. The Morgan fingerprint density at radius 2 is 1.89 bits per heavy atom. The molecule has 2 aromatic rings. The lowest BCUT2D eigenvalue weighted by Gasteiger charge is -2.17. The number of hydrogen-bond acceptors (Lipinski definition) is 2. The van der Waals surface area contributed by atoms with E-state index in [0.717, 1.165) is 32.9 Å². The maximum absolute atomic E-state index is 6.56. The van der Waals surface area contributed by atoms with Crippen LogP contribution in [-0.4, -0.2) is 19.1 Å². The van der Waals surface area contributed by atoms with Gasteiger partial charge in [0.05, 0.1) is 10.5 Å². The molecular weight excluding hydrogens is 244 g/mol. The molecule has 0 aliphatic rings. The first-order valence-electron chi connectivity index (χ1n) is 6.19. The Morgan fingerprint density at radius 3 is 2.44 bits per heavy atom. The third-order valence-corrected chi connectivity index (χ3v) is 3.63. The summed E-state index contributed by atoms with van der Waals surface area (Å²) >= 11 is 6.56. The molecule has 1 aromatic carbocycles. The van der Waals surface area contributed by atoms with Crippen molar-refractivity contribution in [3.05, 3.63) is 34.5 Å². The van der Waals surface area contributed by atoms with Crippen LogP contribution in [0.5, 0.6) is 0 Å². The molecule has 0 atom stereocenters. The zero-order valence-corrected chi connectivity index (χ0v) is 12.3. The summed E-state index contributed by atoms with van der Waals surface area (Å²) in [6, 6.07) is 6.21. The molecule has 2 rings (SSSR count). The normalized spacial score (nSPS) is 11.3. The molecule has 0 saturated carbocycles. The quantitative estimate of drug-likeness (QED) is 0.798. The van der Waals surface area contributed by atoms with Crippen LogP contribution in [0, 0.1) is 6.92 Å². The first-order valence-corrected chi connectivity index (χ1v) is 6.56. The molecular formula is C15H19ClN2. The Labute approximate surface area is 114 Å². The second-order valence-corrected chi connectivity index (χ2v) is 5.55. The fourth-order valence-electron chi connectivity index (χ4n) is 2.29. The third-order valence-electron chi connectivity index (χ3n) is 3.22. The molecule has 0 amide bonds. The fourth-order valence-corrected chi connectivity index (χ4v) is 2.80. The molecule has 0 N–H and O–H groups in total. The van der Waals surface area contributed by atoms with Gasteiger partial charge < -0.3 is 4.90 Å². The average Bonchev–Trinajstić information content (AvgIpc) is 2.27. The third kappa shape index (κ3) is 2.17. The van der Waals surface area contributed by atoms with E-state index >= 15 is 0 Å². The van der Waals surface area contributed by atoms with Crippen LogP contribution in [-0.2, 0) is 0 Å². The van der Waals surface area contributed by atoms with Crippen molar-refractivity contribution in [2.24, 2.45) is 0 Å². The van der Waals surface area contributed by atoms with Crippen LogP contribution < -0.4 is 4.90 Å². The minimum atomic E-state index is 0.386. The number of rotatable bonds is 2. The summed E-state index contributed by atoms with van der Waals surface area (Å²) in [5, 5.41) is 1.88. The first-order chi connectivity index (χ1) is 8.41. The lowest BCUT2D eigenvalue weighted by Crippen LogP contribution is -2.08. The standard InChI is InChI=1S/C15H19ClN2/c1-9(2)14-10(3)17-13-7-6-11(18(4)5)8-12(13)15(14)16/h6-9H,1-5H3. The largest absolute Gasteiger partial charge is 0.378 e. The van der Waals surface area contributed by atoms with E-state index < -0.39 is 0 Å². The lowest BCUT2D eigenvalue weighted by molar-refractivity contribution is 0.848. The van der Waals surface area contributed by atoms with Crippen molar-refractivity contribution < 1.29 is 0 Å². The van der Waals surface area contributed by atoms with Gasteiger partial charge in [-0.15, -0.1) is 0 Å². The SMILES string of the molecule is Cc1nc2ccc(N(C)C)cc2c(Cl)c1C(C)C. The number of aromatic nitrogens is 1. The van der Waals surface area contributed by atoms with Crippen LogP contribution in [0.4, 0.5) is 5.69 Å². The van der Waals surface area contributed by atoms with E-state index in [1.807, 2.05) is 27.1 Å². The van der Waals surface area contributed by atoms with Gasteiger partial charge in [0.15, 0.2) is 0 Å². The van der Waals surface area contributed by atoms with Crippen molar-refractivity contribution in [2.45, 2.75) is 26.7 Å². The zero-order valence-electron chi connectivity index (χ0n) is 11.6. The molecule has 0 aliphatic carbocycles. The van der Waals surface area contributed by atoms with Crippen molar-refractivity contribution in [3.63, 3.8) is 0 Å². The Morgan fingerprint density at radius 1 is 1.22 bits per heavy atom. The minimum Gasteiger partial charge on any atom is -0.378 e. The van der Waals surface area contributed by atoms with Crippen LogP contribution in [0.25, 0.3) is 10.9 Å². The highest BCUT2D eigenvalue weighted by Gasteiger charge is 2.14. The second-order valence-electron chi connectivity index (χ2n) is 5.18. The zero-order chi connectivity index (χ0) is 13.4. The summed E-state index contributed by atoms with van der Waals surface area (Å²) in [5.41, 5.74) is 4.29. The molecule has 0 bridgehead atoms. The highest BCUT2D eigenvalue weighted by Crippen LogP contribution is 2.34. The monoisotopic (exact) mass is 262 g/mol. The van der Waals surface area contributed by atoms with Crippen molar-refractivity contribution in [3.8, 4) is 0 Å². The summed E-state index contributed by atoms with van der Waals surface area (Å²) in [7, 11) is 4.06. The Balaban J connectivity index is 2.77. The summed E-state index contributed by atoms with van der Waals surface area (Å²) in [5.74, 6) is 0.386. The van der Waals surface area contributed by atoms with Gasteiger partial charge in [0.25, 0.3) is 0 Å². The van der Waals surface area contributed by atoms with Crippen LogP contribution in [0.2, 0.25) is 5.02 Å². The fraction of sp³-hybridized carbons (Fsp3) is 0.400. The number of aryl methyl sites for hydroxylation is 1. The number of fused-ring (bicyclic) bond motifs is 1. The number of halogens is 1. The minimum absolute atomic E-state index is 0.386. The van der Waals surface area contributed by atoms with E-state index in [0.29, 0.717) is 5.92 Å². The Hall–Kier alpha value is -1.28. The van der Waals surface area contributed by atoms with Crippen molar-refractivity contribution >= 4 is 28.2 Å². The molecule has 2 nitrogen and oxygen atoms in total. The van der Waals surface area contributed by atoms with E-state index in [-0.39, 0.29) is 0 Å². The van der Waals surface area contributed by atoms with Crippen LogP contribution in [0.1, 0.15) is 31.0 Å². The number of anilines is 1. The number of hydrogen-bond donors (Lipinski definition) is 0. The predicted molar refractivity (Wildman–Crippen MR) is 79.9 cm³/mol. The summed E-state index contributed by atoms with van der Waals surface area (Å²) in [6.07, 6.45) is 0. The first kappa shape index (κ1) is 13.2. The molecule has 96 valence electrons. The Kier molecular flexibility index (Phi) is 3.49. The van der Waals surface area contributed by atoms with E-state index in [1.165, 1.54) is 0 Å². The second kappa shape index (κ2) is 4.77. The molecule has 1 heterocycles. The van der Waals surface area contributed by atoms with Gasteiger partial charge in [-0.05, 0) is 36.6 Å². The molecule has 0 radical (unpaired) electrons. The van der Waals surface area contributed by atoms with E-state index in [9.17, 15) is 0 Å². The number of pyridine rings is 1. The summed E-state index contributed by atoms with van der Waals surface area (Å²) in [6.45, 7) is 6.33. The van der Waals surface area contributed by atoms with Crippen LogP contribution in [0.15, 0.2) is 18.2 Å². The van der Waals surface area contributed by atoms with Crippen LogP contribution in [0.3, 0.4) is 0 Å². The van der Waals surface area contributed by atoms with Crippen molar-refractivity contribution in [1.82, 2.24) is 4.98 Å². The van der Waals surface area contributed by atoms with Gasteiger partial charge in [-0.25, -0.2) is 0 Å². The van der Waals surface area contributed by atoms with Gasteiger partial charge in [-0.2, -0.15) is 0 Å². The van der Waals surface area contributed by atoms with Gasteiger partial charge in [0.1, 0.15) is 0 Å². The predicted octanol–water partition coefficient (Wildman–Crippen LogP) is 4.39. The molecule has 0 unspecified atom stereocenters. The molecule has 18 heavy (non-hydrogen) atoms. The smallest absolute Gasteiger partial charge is 0.0721 e. The van der Waals surface area contributed by atoms with Gasteiger partial charge in [0, 0.05) is 30.9 Å². The van der Waals surface area contributed by atoms with E-state index in [2.05, 4.69) is 35.9 Å².